The quantitative estimate of drug-likeness (QED) is 0.441. The van der Waals surface area contributed by atoms with Crippen LogP contribution >= 0.6 is 11.3 Å². The van der Waals surface area contributed by atoms with Gasteiger partial charge in [-0.15, -0.1) is 0 Å². The average Bonchev–Trinajstić information content (AvgIpc) is 2.87. The fraction of sp³-hybridized carbons (Fsp3) is 0.0556. The summed E-state index contributed by atoms with van der Waals surface area (Å²) in [6.45, 7) is 2.04. The normalized spacial score (nSPS) is 12.3. The van der Waals surface area contributed by atoms with Crippen LogP contribution in [-0.4, -0.2) is 0 Å². The van der Waals surface area contributed by atoms with E-state index in [0.717, 1.165) is 16.1 Å². The number of aromatic nitrogens is 1. The molecule has 0 spiro atoms. The second kappa shape index (κ2) is 5.94. The average molecular weight is 293 g/mol. The lowest BCUT2D eigenvalue weighted by Gasteiger charge is -1.95. The number of thiazole rings is 1. The lowest BCUT2D eigenvalue weighted by Crippen LogP contribution is -2.46. The van der Waals surface area contributed by atoms with Gasteiger partial charge < -0.3 is 0 Å². The van der Waals surface area contributed by atoms with Gasteiger partial charge >= 0.3 is 0 Å². The van der Waals surface area contributed by atoms with Crippen molar-refractivity contribution in [3.05, 3.63) is 77.3 Å². The highest BCUT2D eigenvalue weighted by molar-refractivity contribution is 7.19. The molecular weight excluding hydrogens is 276 g/mol. The Morgan fingerprint density at radius 1 is 1.05 bits per heavy atom. The van der Waals surface area contributed by atoms with E-state index in [1.54, 1.807) is 16.0 Å². The van der Waals surface area contributed by atoms with Crippen molar-refractivity contribution in [2.75, 3.05) is 5.84 Å². The first-order valence-electron chi connectivity index (χ1n) is 6.88. The number of allylic oxidation sites excluding steroid dienone is 3. The Kier molecular flexibility index (Phi) is 3.84. The van der Waals surface area contributed by atoms with E-state index in [1.165, 1.54) is 10.3 Å². The molecule has 0 unspecified atom stereocenters. The lowest BCUT2D eigenvalue weighted by molar-refractivity contribution is -0.609. The second-order valence-corrected chi connectivity index (χ2v) is 5.76. The molecule has 0 aliphatic carbocycles. The predicted octanol–water partition coefficient (Wildman–Crippen LogP) is 4.02. The number of fused-ring (bicyclic) bond motifs is 1. The van der Waals surface area contributed by atoms with Gasteiger partial charge in [-0.25, -0.2) is 5.84 Å². The van der Waals surface area contributed by atoms with Gasteiger partial charge in [0.05, 0.1) is 5.57 Å². The zero-order valence-electron chi connectivity index (χ0n) is 11.9. The van der Waals surface area contributed by atoms with Crippen molar-refractivity contribution in [1.29, 1.82) is 0 Å². The summed E-state index contributed by atoms with van der Waals surface area (Å²) in [6.07, 6.45) is 6.32. The zero-order valence-corrected chi connectivity index (χ0v) is 12.7. The third-order valence-electron chi connectivity index (χ3n) is 3.36. The first kappa shape index (κ1) is 13.6. The topological polar surface area (TPSA) is 29.9 Å². The number of nitrogens with zero attached hydrogens (tertiary/aromatic N) is 1. The van der Waals surface area contributed by atoms with Crippen LogP contribution in [0.15, 0.2) is 66.7 Å². The maximum atomic E-state index is 6.24. The van der Waals surface area contributed by atoms with Gasteiger partial charge in [0.2, 0.25) is 0 Å². The fourth-order valence-electron chi connectivity index (χ4n) is 2.24. The molecule has 0 atom stereocenters. The van der Waals surface area contributed by atoms with Crippen LogP contribution in [0.5, 0.6) is 0 Å². The molecule has 0 bridgehead atoms. The SMILES string of the molecule is CC=C(C=Cc1ccccc1)c1sc2ccccc2[n+]1N. The van der Waals surface area contributed by atoms with Crippen LogP contribution in [-0.2, 0) is 0 Å². The zero-order chi connectivity index (χ0) is 14.7. The van der Waals surface area contributed by atoms with Crippen LogP contribution in [0.25, 0.3) is 21.9 Å². The first-order chi connectivity index (χ1) is 10.3. The maximum Gasteiger partial charge on any atom is 0.298 e. The van der Waals surface area contributed by atoms with Crippen molar-refractivity contribution in [1.82, 2.24) is 0 Å². The summed E-state index contributed by atoms with van der Waals surface area (Å²) < 4.78 is 2.97. The molecule has 0 aliphatic rings. The highest BCUT2D eigenvalue weighted by atomic mass is 32.1. The number of nitrogens with two attached hydrogens (primary N) is 1. The van der Waals surface area contributed by atoms with Crippen LogP contribution < -0.4 is 10.5 Å². The minimum atomic E-state index is 1.06. The molecule has 1 aromatic heterocycles. The molecule has 2 N–H and O–H groups in total. The molecule has 0 saturated carbocycles. The Labute approximate surface area is 128 Å². The molecular formula is C18H17N2S+. The summed E-state index contributed by atoms with van der Waals surface area (Å²) >= 11 is 1.71. The van der Waals surface area contributed by atoms with Gasteiger partial charge in [-0.1, -0.05) is 70.6 Å². The van der Waals surface area contributed by atoms with E-state index in [0.29, 0.717) is 0 Å². The minimum Gasteiger partial charge on any atom is -0.204 e. The Morgan fingerprint density at radius 2 is 1.76 bits per heavy atom. The monoisotopic (exact) mass is 293 g/mol. The summed E-state index contributed by atoms with van der Waals surface area (Å²) in [6, 6.07) is 18.5. The van der Waals surface area contributed by atoms with Gasteiger partial charge in [0.1, 0.15) is 4.70 Å². The van der Waals surface area contributed by atoms with Crippen molar-refractivity contribution in [2.45, 2.75) is 6.92 Å². The van der Waals surface area contributed by atoms with E-state index in [4.69, 9.17) is 5.84 Å². The van der Waals surface area contributed by atoms with Crippen molar-refractivity contribution >= 4 is 33.2 Å². The van der Waals surface area contributed by atoms with Crippen molar-refractivity contribution < 1.29 is 4.68 Å². The van der Waals surface area contributed by atoms with Crippen LogP contribution in [0.4, 0.5) is 0 Å². The Morgan fingerprint density at radius 3 is 2.48 bits per heavy atom. The van der Waals surface area contributed by atoms with Gasteiger partial charge in [0.25, 0.3) is 10.5 Å². The highest BCUT2D eigenvalue weighted by Crippen LogP contribution is 2.25. The van der Waals surface area contributed by atoms with Crippen molar-refractivity contribution in [2.24, 2.45) is 0 Å². The first-order valence-corrected chi connectivity index (χ1v) is 7.69. The molecule has 1 heterocycles. The molecule has 3 aromatic rings. The third kappa shape index (κ3) is 2.73. The molecule has 2 nitrogen and oxygen atoms in total. The number of hydrogen-bond donors (Lipinski definition) is 1. The summed E-state index contributed by atoms with van der Waals surface area (Å²) in [4.78, 5) is 0. The Hall–Kier alpha value is -2.39. The van der Waals surface area contributed by atoms with Crippen LogP contribution in [0.3, 0.4) is 0 Å². The number of rotatable bonds is 3. The number of hydrogen-bond acceptors (Lipinski definition) is 2. The van der Waals surface area contributed by atoms with Gasteiger partial charge in [-0.2, -0.15) is 0 Å². The van der Waals surface area contributed by atoms with Crippen LogP contribution in [0.1, 0.15) is 17.5 Å². The molecule has 104 valence electrons. The third-order valence-corrected chi connectivity index (χ3v) is 4.55. The Balaban J connectivity index is 2.00. The van der Waals surface area contributed by atoms with E-state index in [1.807, 2.05) is 43.3 Å². The highest BCUT2D eigenvalue weighted by Gasteiger charge is 2.19. The molecule has 0 fully saturated rings. The Bertz CT molecular complexity index is 814. The largest absolute Gasteiger partial charge is 0.298 e. The molecule has 3 rings (SSSR count). The van der Waals surface area contributed by atoms with Gasteiger partial charge in [0, 0.05) is 6.07 Å². The van der Waals surface area contributed by atoms with E-state index in [2.05, 4.69) is 36.4 Å². The standard InChI is InChI=1S/C18H17N2S/c1-2-15(13-12-14-8-4-3-5-9-14)18-20(19)16-10-6-7-11-17(16)21-18/h2-13H,19H2,1H3/q+1. The molecule has 3 heteroatoms. The molecule has 0 aliphatic heterocycles. The van der Waals surface area contributed by atoms with Crippen molar-refractivity contribution in [3.8, 4) is 0 Å². The predicted molar refractivity (Wildman–Crippen MR) is 91.3 cm³/mol. The summed E-state index contributed by atoms with van der Waals surface area (Å²) in [5, 5.41) is 1.06. The number of nitrogen functional groups attached to an aromatic ring is 1. The van der Waals surface area contributed by atoms with Crippen LogP contribution in [0.2, 0.25) is 0 Å². The molecule has 2 aromatic carbocycles. The smallest absolute Gasteiger partial charge is 0.204 e. The molecule has 21 heavy (non-hydrogen) atoms. The van der Waals surface area contributed by atoms with Gasteiger partial charge in [-0.05, 0) is 24.6 Å². The van der Waals surface area contributed by atoms with Crippen molar-refractivity contribution in [3.63, 3.8) is 0 Å². The van der Waals surface area contributed by atoms with E-state index in [9.17, 15) is 0 Å². The van der Waals surface area contributed by atoms with E-state index >= 15 is 0 Å². The number of benzene rings is 2. The van der Waals surface area contributed by atoms with Crippen LogP contribution in [0, 0.1) is 0 Å². The molecule has 0 saturated heterocycles. The van der Waals surface area contributed by atoms with E-state index in [-0.39, 0.29) is 0 Å². The fourth-order valence-corrected chi connectivity index (χ4v) is 3.37. The van der Waals surface area contributed by atoms with E-state index < -0.39 is 0 Å². The van der Waals surface area contributed by atoms with Gasteiger partial charge in [-0.3, -0.25) is 0 Å². The summed E-state index contributed by atoms with van der Waals surface area (Å²) in [5.74, 6) is 6.24. The maximum absolute atomic E-state index is 6.24. The number of para-hydroxylation sites is 1. The van der Waals surface area contributed by atoms with Gasteiger partial charge in [0.15, 0.2) is 0 Å². The molecule has 0 radical (unpaired) electrons. The lowest BCUT2D eigenvalue weighted by atomic mass is 10.1. The minimum absolute atomic E-state index is 1.06. The second-order valence-electron chi connectivity index (χ2n) is 4.73. The summed E-state index contributed by atoms with van der Waals surface area (Å²) in [5.41, 5.74) is 3.37. The summed E-state index contributed by atoms with van der Waals surface area (Å²) in [7, 11) is 0. The molecule has 0 amide bonds.